The van der Waals surface area contributed by atoms with E-state index in [9.17, 15) is 45.3 Å². The largest absolute Gasteiger partial charge is 0.462 e. The highest BCUT2D eigenvalue weighted by molar-refractivity contribution is 5.70. The van der Waals surface area contributed by atoms with Crippen molar-refractivity contribution in [2.45, 2.75) is 165 Å². The van der Waals surface area contributed by atoms with Crippen LogP contribution in [0, 0.1) is 0 Å². The highest BCUT2D eigenvalue weighted by atomic mass is 16.7. The van der Waals surface area contributed by atoms with Crippen LogP contribution in [0.2, 0.25) is 0 Å². The Morgan fingerprint density at radius 3 is 1.84 bits per heavy atom. The number of aliphatic hydroxyl groups is 7. The zero-order valence-electron chi connectivity index (χ0n) is 28.9. The van der Waals surface area contributed by atoms with Gasteiger partial charge < -0.3 is 64.2 Å². The maximum atomic E-state index is 12.7. The van der Waals surface area contributed by atoms with Gasteiger partial charge in [-0.05, 0) is 32.1 Å². The van der Waals surface area contributed by atoms with Gasteiger partial charge in [0.25, 0.3) is 0 Å². The van der Waals surface area contributed by atoms with Crippen molar-refractivity contribution in [3.05, 3.63) is 12.2 Å². The van der Waals surface area contributed by atoms with E-state index in [1.54, 1.807) is 0 Å². The highest BCUT2D eigenvalue weighted by Gasteiger charge is 2.47. The molecular weight excluding hydrogens is 648 g/mol. The van der Waals surface area contributed by atoms with Crippen molar-refractivity contribution in [1.82, 2.24) is 0 Å². The Bertz CT molecular complexity index is 933. The van der Waals surface area contributed by atoms with E-state index < -0.39 is 92.7 Å². The first-order valence-corrected chi connectivity index (χ1v) is 17.8. The van der Waals surface area contributed by atoms with E-state index in [-0.39, 0.29) is 26.1 Å². The number of carbonyl (C=O) groups excluding carboxylic acids is 2. The molecule has 2 rings (SSSR count). The summed E-state index contributed by atoms with van der Waals surface area (Å²) in [7, 11) is 0. The lowest BCUT2D eigenvalue weighted by Crippen LogP contribution is -2.61. The quantitative estimate of drug-likeness (QED) is 0.0417. The number of hydrogen-bond acceptors (Lipinski definition) is 15. The minimum Gasteiger partial charge on any atom is -0.462 e. The smallest absolute Gasteiger partial charge is 0.306 e. The fourth-order valence-electron chi connectivity index (χ4n) is 5.35. The molecule has 286 valence electrons. The van der Waals surface area contributed by atoms with Crippen LogP contribution in [0.4, 0.5) is 0 Å². The Labute approximate surface area is 289 Å². The van der Waals surface area contributed by atoms with Crippen LogP contribution >= 0.6 is 0 Å². The van der Waals surface area contributed by atoms with Crippen molar-refractivity contribution in [2.24, 2.45) is 0 Å². The topological polar surface area (TPSA) is 231 Å². The Morgan fingerprint density at radius 2 is 1.18 bits per heavy atom. The number of unbranched alkanes of at least 4 members (excludes halogenated alkanes) is 8. The third kappa shape index (κ3) is 15.6. The molecule has 2 fully saturated rings. The van der Waals surface area contributed by atoms with E-state index in [0.717, 1.165) is 44.9 Å². The molecule has 2 aliphatic heterocycles. The molecule has 0 spiro atoms. The molecule has 0 aliphatic carbocycles. The first-order valence-electron chi connectivity index (χ1n) is 17.8. The minimum atomic E-state index is -1.76. The molecule has 2 saturated heterocycles. The van der Waals surface area contributed by atoms with Gasteiger partial charge in [0.15, 0.2) is 18.7 Å². The Hall–Kier alpha value is -1.76. The summed E-state index contributed by atoms with van der Waals surface area (Å²) < 4.78 is 32.8. The van der Waals surface area contributed by atoms with Crippen LogP contribution in [0.5, 0.6) is 0 Å². The number of ether oxygens (including phenoxy) is 6. The van der Waals surface area contributed by atoms with Gasteiger partial charge in [0.2, 0.25) is 0 Å². The van der Waals surface area contributed by atoms with Gasteiger partial charge in [-0.15, -0.1) is 0 Å². The average Bonchev–Trinajstić information content (AvgIpc) is 3.09. The van der Waals surface area contributed by atoms with Gasteiger partial charge in [-0.3, -0.25) is 9.59 Å². The first kappa shape index (κ1) is 43.4. The molecule has 7 N–H and O–H groups in total. The van der Waals surface area contributed by atoms with Gasteiger partial charge in [0.05, 0.1) is 19.8 Å². The number of hydrogen-bond donors (Lipinski definition) is 7. The molecule has 15 heteroatoms. The van der Waals surface area contributed by atoms with Crippen LogP contribution in [0.15, 0.2) is 12.2 Å². The van der Waals surface area contributed by atoms with Crippen LogP contribution in [-0.2, 0) is 38.0 Å². The summed E-state index contributed by atoms with van der Waals surface area (Å²) in [6, 6.07) is 0. The van der Waals surface area contributed by atoms with E-state index in [1.165, 1.54) is 12.8 Å². The predicted molar refractivity (Wildman–Crippen MR) is 174 cm³/mol. The van der Waals surface area contributed by atoms with Gasteiger partial charge in [-0.25, -0.2) is 0 Å². The highest BCUT2D eigenvalue weighted by Crippen LogP contribution is 2.26. The number of carbonyl (C=O) groups is 2. The fraction of sp³-hybridized carbons (Fsp3) is 0.882. The summed E-state index contributed by atoms with van der Waals surface area (Å²) >= 11 is 0. The molecule has 0 bridgehead atoms. The molecular formula is C34H60O15. The monoisotopic (exact) mass is 708 g/mol. The van der Waals surface area contributed by atoms with Crippen molar-refractivity contribution >= 4 is 11.9 Å². The van der Waals surface area contributed by atoms with E-state index in [0.29, 0.717) is 12.8 Å². The van der Waals surface area contributed by atoms with Crippen molar-refractivity contribution in [1.29, 1.82) is 0 Å². The molecule has 15 nitrogen and oxygen atoms in total. The lowest BCUT2D eigenvalue weighted by Gasteiger charge is -2.42. The summed E-state index contributed by atoms with van der Waals surface area (Å²) in [5, 5.41) is 71.1. The average molecular weight is 709 g/mol. The van der Waals surface area contributed by atoms with Crippen molar-refractivity contribution in [3.63, 3.8) is 0 Å². The second-order valence-electron chi connectivity index (χ2n) is 12.7. The lowest BCUT2D eigenvalue weighted by molar-refractivity contribution is -0.332. The zero-order chi connectivity index (χ0) is 36.2. The number of aliphatic hydroxyl groups excluding tert-OH is 7. The van der Waals surface area contributed by atoms with Crippen LogP contribution < -0.4 is 0 Å². The SMILES string of the molecule is CCCC/C=C\CCCCCCCC(=O)OC(COC(=O)CCCC)COC1OC(COC2OC(CO)C(O)C(O)C2O)C(O)C(O)C1O. The summed E-state index contributed by atoms with van der Waals surface area (Å²) in [6.07, 6.45) is -1.44. The van der Waals surface area contributed by atoms with E-state index in [1.807, 2.05) is 6.92 Å². The van der Waals surface area contributed by atoms with Gasteiger partial charge in [-0.2, -0.15) is 0 Å². The van der Waals surface area contributed by atoms with E-state index >= 15 is 0 Å². The molecule has 0 aromatic carbocycles. The summed E-state index contributed by atoms with van der Waals surface area (Å²) in [4.78, 5) is 24.8. The van der Waals surface area contributed by atoms with Crippen molar-refractivity contribution in [2.75, 3.05) is 26.4 Å². The second-order valence-corrected chi connectivity index (χ2v) is 12.7. The van der Waals surface area contributed by atoms with Gasteiger partial charge in [-0.1, -0.05) is 64.5 Å². The molecule has 0 radical (unpaired) electrons. The third-order valence-corrected chi connectivity index (χ3v) is 8.49. The molecule has 0 aromatic heterocycles. The van der Waals surface area contributed by atoms with Gasteiger partial charge >= 0.3 is 11.9 Å². The van der Waals surface area contributed by atoms with Crippen molar-refractivity contribution < 1.29 is 73.8 Å². The number of allylic oxidation sites excluding steroid dienone is 2. The van der Waals surface area contributed by atoms with E-state index in [2.05, 4.69) is 19.1 Å². The van der Waals surface area contributed by atoms with Crippen LogP contribution in [0.3, 0.4) is 0 Å². The third-order valence-electron chi connectivity index (χ3n) is 8.49. The van der Waals surface area contributed by atoms with Crippen molar-refractivity contribution in [3.8, 4) is 0 Å². The summed E-state index contributed by atoms with van der Waals surface area (Å²) in [5.41, 5.74) is 0. The molecule has 0 amide bonds. The maximum Gasteiger partial charge on any atom is 0.306 e. The maximum absolute atomic E-state index is 12.7. The number of esters is 2. The molecule has 11 unspecified atom stereocenters. The Kier molecular flexibility index (Phi) is 21.6. The standard InChI is InChI=1S/C34H60O15/c1-3-5-7-8-9-10-11-12-13-14-15-17-26(37)47-22(19-44-25(36)16-6-4-2)20-45-33-32(43)30(41)28(39)24(49-33)21-46-34-31(42)29(40)27(38)23(18-35)48-34/h8-9,22-24,27-35,38-43H,3-7,10-21H2,1-2H3/b9-8-. The van der Waals surface area contributed by atoms with Crippen LogP contribution in [0.1, 0.15) is 97.3 Å². The first-order chi connectivity index (χ1) is 23.5. The predicted octanol–water partition coefficient (Wildman–Crippen LogP) is 0.749. The Balaban J connectivity index is 1.89. The summed E-state index contributed by atoms with van der Waals surface area (Å²) in [5.74, 6) is -0.982. The van der Waals surface area contributed by atoms with Gasteiger partial charge in [0, 0.05) is 12.8 Å². The van der Waals surface area contributed by atoms with Crippen LogP contribution in [0.25, 0.3) is 0 Å². The number of rotatable bonds is 24. The summed E-state index contributed by atoms with van der Waals surface area (Å²) in [6.45, 7) is 2.20. The normalized spacial score (nSPS) is 31.1. The minimum absolute atomic E-state index is 0.155. The zero-order valence-corrected chi connectivity index (χ0v) is 28.9. The Morgan fingerprint density at radius 1 is 0.633 bits per heavy atom. The van der Waals surface area contributed by atoms with Crippen LogP contribution in [-0.4, -0.2) is 142 Å². The van der Waals surface area contributed by atoms with Gasteiger partial charge in [0.1, 0.15) is 55.4 Å². The molecule has 0 aromatic rings. The molecule has 49 heavy (non-hydrogen) atoms. The molecule has 2 aliphatic rings. The van der Waals surface area contributed by atoms with E-state index in [4.69, 9.17) is 28.4 Å². The molecule has 2 heterocycles. The fourth-order valence-corrected chi connectivity index (χ4v) is 5.35. The lowest BCUT2D eigenvalue weighted by atomic mass is 9.98. The molecule has 11 atom stereocenters. The molecule has 0 saturated carbocycles. The second kappa shape index (κ2) is 24.4.